The molecule has 2 aliphatic heterocycles. The number of piperidine rings is 1. The number of methoxy groups -OCH3 is 1. The molecule has 0 radical (unpaired) electrons. The Kier molecular flexibility index (Phi) is 6.73. The summed E-state index contributed by atoms with van der Waals surface area (Å²) in [5.41, 5.74) is 2.06. The van der Waals surface area contributed by atoms with Crippen molar-refractivity contribution in [3.05, 3.63) is 23.3 Å². The molecule has 1 aromatic heterocycles. The largest absolute Gasteiger partial charge is 0.383 e. The van der Waals surface area contributed by atoms with Gasteiger partial charge in [-0.2, -0.15) is 0 Å². The standard InChI is InChI=1S/C19H29N5O3/c1-14(25)23-9-6-16-15(12-23)11-21-19(22-16)17-5-3-4-8-24(17)13-18(26)20-7-10-27-2/h11,17H,3-10,12-13H2,1-2H3,(H,20,26)/t17-/m1/s1. The zero-order chi connectivity index (χ0) is 19.2. The Labute approximate surface area is 160 Å². The van der Waals surface area contributed by atoms with Crippen LogP contribution < -0.4 is 5.32 Å². The second-order valence-electron chi connectivity index (χ2n) is 7.22. The van der Waals surface area contributed by atoms with Gasteiger partial charge in [0.1, 0.15) is 5.82 Å². The molecule has 27 heavy (non-hydrogen) atoms. The Hall–Kier alpha value is -2.06. The van der Waals surface area contributed by atoms with Crippen molar-refractivity contribution in [2.75, 3.05) is 39.9 Å². The molecule has 3 rings (SSSR count). The van der Waals surface area contributed by atoms with Gasteiger partial charge < -0.3 is 15.0 Å². The fourth-order valence-corrected chi connectivity index (χ4v) is 3.77. The summed E-state index contributed by atoms with van der Waals surface area (Å²) in [6, 6.07) is 0.0723. The molecule has 0 bridgehead atoms. The van der Waals surface area contributed by atoms with Crippen LogP contribution in [0.2, 0.25) is 0 Å². The van der Waals surface area contributed by atoms with Gasteiger partial charge in [-0.15, -0.1) is 0 Å². The van der Waals surface area contributed by atoms with Gasteiger partial charge in [-0.3, -0.25) is 14.5 Å². The minimum absolute atomic E-state index is 0.00834. The Balaban J connectivity index is 1.68. The van der Waals surface area contributed by atoms with Gasteiger partial charge in [0.25, 0.3) is 0 Å². The Morgan fingerprint density at radius 1 is 1.33 bits per heavy atom. The molecular formula is C19H29N5O3. The first-order valence-corrected chi connectivity index (χ1v) is 9.68. The molecule has 0 aromatic carbocycles. The third kappa shape index (κ3) is 5.01. The van der Waals surface area contributed by atoms with Crippen molar-refractivity contribution in [1.29, 1.82) is 0 Å². The zero-order valence-electron chi connectivity index (χ0n) is 16.2. The van der Waals surface area contributed by atoms with Gasteiger partial charge in [0, 0.05) is 51.8 Å². The first-order chi connectivity index (χ1) is 13.1. The smallest absolute Gasteiger partial charge is 0.234 e. The number of nitrogens with zero attached hydrogens (tertiary/aromatic N) is 4. The Bertz CT molecular complexity index is 681. The van der Waals surface area contributed by atoms with Crippen LogP contribution in [0.15, 0.2) is 6.20 Å². The van der Waals surface area contributed by atoms with E-state index in [0.29, 0.717) is 32.8 Å². The molecule has 8 nitrogen and oxygen atoms in total. The van der Waals surface area contributed by atoms with E-state index in [2.05, 4.69) is 15.2 Å². The summed E-state index contributed by atoms with van der Waals surface area (Å²) in [6.45, 7) is 5.15. The van der Waals surface area contributed by atoms with Crippen LogP contribution >= 0.6 is 0 Å². The molecule has 2 amide bonds. The van der Waals surface area contributed by atoms with Crippen LogP contribution in [0.3, 0.4) is 0 Å². The maximum Gasteiger partial charge on any atom is 0.234 e. The topological polar surface area (TPSA) is 87.7 Å². The van der Waals surface area contributed by atoms with Gasteiger partial charge in [-0.05, 0) is 19.4 Å². The fourth-order valence-electron chi connectivity index (χ4n) is 3.77. The maximum absolute atomic E-state index is 12.2. The lowest BCUT2D eigenvalue weighted by atomic mass is 10.0. The molecule has 8 heteroatoms. The van der Waals surface area contributed by atoms with Gasteiger partial charge in [-0.1, -0.05) is 6.42 Å². The summed E-state index contributed by atoms with van der Waals surface area (Å²) < 4.78 is 4.97. The van der Waals surface area contributed by atoms with Crippen LogP contribution in [0.25, 0.3) is 0 Å². The van der Waals surface area contributed by atoms with Gasteiger partial charge in [0.2, 0.25) is 11.8 Å². The minimum atomic E-state index is 0.00834. The number of hydrogen-bond donors (Lipinski definition) is 1. The number of rotatable bonds is 6. The highest BCUT2D eigenvalue weighted by atomic mass is 16.5. The van der Waals surface area contributed by atoms with Gasteiger partial charge in [0.15, 0.2) is 0 Å². The fraction of sp³-hybridized carbons (Fsp3) is 0.684. The van der Waals surface area contributed by atoms with Crippen LogP contribution in [0, 0.1) is 0 Å². The van der Waals surface area contributed by atoms with Crippen LogP contribution in [0.1, 0.15) is 49.3 Å². The van der Waals surface area contributed by atoms with E-state index in [1.165, 1.54) is 0 Å². The second kappa shape index (κ2) is 9.23. The lowest BCUT2D eigenvalue weighted by Crippen LogP contribution is -2.43. The summed E-state index contributed by atoms with van der Waals surface area (Å²) in [5, 5.41) is 2.88. The van der Waals surface area contributed by atoms with E-state index in [1.807, 2.05) is 11.1 Å². The van der Waals surface area contributed by atoms with Crippen molar-refractivity contribution in [2.45, 2.75) is 45.2 Å². The average molecular weight is 375 g/mol. The molecule has 3 heterocycles. The quantitative estimate of drug-likeness (QED) is 0.736. The molecule has 1 N–H and O–H groups in total. The molecule has 1 atom stereocenters. The van der Waals surface area contributed by atoms with E-state index in [9.17, 15) is 9.59 Å². The maximum atomic E-state index is 12.2. The summed E-state index contributed by atoms with van der Waals surface area (Å²) in [5.74, 6) is 0.895. The SMILES string of the molecule is COCCNC(=O)CN1CCCC[C@@H]1c1ncc2c(n1)CCN(C(C)=O)C2. The molecule has 1 aromatic rings. The lowest BCUT2D eigenvalue weighted by Gasteiger charge is -2.35. The molecule has 0 aliphatic carbocycles. The van der Waals surface area contributed by atoms with Crippen molar-refractivity contribution in [1.82, 2.24) is 25.1 Å². The molecule has 148 valence electrons. The molecule has 1 fully saturated rings. The average Bonchev–Trinajstić information content (AvgIpc) is 2.67. The number of aromatic nitrogens is 2. The molecule has 0 spiro atoms. The van der Waals surface area contributed by atoms with Gasteiger partial charge in [-0.25, -0.2) is 9.97 Å². The lowest BCUT2D eigenvalue weighted by molar-refractivity contribution is -0.129. The van der Waals surface area contributed by atoms with Crippen molar-refractivity contribution in [3.8, 4) is 0 Å². The summed E-state index contributed by atoms with van der Waals surface area (Å²) in [4.78, 5) is 37.2. The van der Waals surface area contributed by atoms with Crippen molar-refractivity contribution in [2.24, 2.45) is 0 Å². The van der Waals surface area contributed by atoms with Gasteiger partial charge in [0.05, 0.1) is 24.9 Å². The highest BCUT2D eigenvalue weighted by molar-refractivity contribution is 5.78. The predicted molar refractivity (Wildman–Crippen MR) is 99.9 cm³/mol. The van der Waals surface area contributed by atoms with E-state index in [4.69, 9.17) is 9.72 Å². The van der Waals surface area contributed by atoms with E-state index in [1.54, 1.807) is 14.0 Å². The number of likely N-dealkylation sites (tertiary alicyclic amines) is 1. The van der Waals surface area contributed by atoms with Crippen molar-refractivity contribution in [3.63, 3.8) is 0 Å². The zero-order valence-corrected chi connectivity index (χ0v) is 16.2. The summed E-state index contributed by atoms with van der Waals surface area (Å²) in [6.07, 6.45) is 5.78. The highest BCUT2D eigenvalue weighted by Crippen LogP contribution is 2.29. The van der Waals surface area contributed by atoms with Crippen LogP contribution in [0.5, 0.6) is 0 Å². The number of carbonyl (C=O) groups is 2. The molecule has 0 unspecified atom stereocenters. The van der Waals surface area contributed by atoms with E-state index < -0.39 is 0 Å². The van der Waals surface area contributed by atoms with Crippen LogP contribution in [-0.2, 0) is 27.3 Å². The summed E-state index contributed by atoms with van der Waals surface area (Å²) >= 11 is 0. The predicted octanol–water partition coefficient (Wildman–Crippen LogP) is 0.671. The first kappa shape index (κ1) is 19.7. The third-order valence-corrected chi connectivity index (χ3v) is 5.28. The number of nitrogens with one attached hydrogen (secondary N) is 1. The van der Waals surface area contributed by atoms with E-state index in [-0.39, 0.29) is 17.9 Å². The number of ether oxygens (including phenoxy) is 1. The molecule has 0 saturated carbocycles. The van der Waals surface area contributed by atoms with E-state index in [0.717, 1.165) is 49.3 Å². The number of carbonyl (C=O) groups excluding carboxylic acids is 2. The molecule has 1 saturated heterocycles. The highest BCUT2D eigenvalue weighted by Gasteiger charge is 2.29. The number of hydrogen-bond acceptors (Lipinski definition) is 6. The Morgan fingerprint density at radius 3 is 2.96 bits per heavy atom. The monoisotopic (exact) mass is 375 g/mol. The number of fused-ring (bicyclic) bond motifs is 1. The third-order valence-electron chi connectivity index (χ3n) is 5.28. The van der Waals surface area contributed by atoms with Gasteiger partial charge >= 0.3 is 0 Å². The summed E-state index contributed by atoms with van der Waals surface area (Å²) in [7, 11) is 1.62. The molecule has 2 aliphatic rings. The van der Waals surface area contributed by atoms with Crippen LogP contribution in [-0.4, -0.2) is 71.5 Å². The normalized spacial score (nSPS) is 20.2. The molecular weight excluding hydrogens is 346 g/mol. The first-order valence-electron chi connectivity index (χ1n) is 9.68. The second-order valence-corrected chi connectivity index (χ2v) is 7.22. The van der Waals surface area contributed by atoms with Crippen molar-refractivity contribution < 1.29 is 14.3 Å². The van der Waals surface area contributed by atoms with E-state index >= 15 is 0 Å². The van der Waals surface area contributed by atoms with Crippen molar-refractivity contribution >= 4 is 11.8 Å². The minimum Gasteiger partial charge on any atom is -0.383 e. The Morgan fingerprint density at radius 2 is 2.19 bits per heavy atom. The number of amides is 2. The van der Waals surface area contributed by atoms with Crippen LogP contribution in [0.4, 0.5) is 0 Å².